The average Bonchev–Trinajstić information content (AvgIpc) is 2.74. The smallest absolute Gasteiger partial charge is 0.413 e. The number of piperidine rings is 1. The monoisotopic (exact) mass is 453 g/mol. The Morgan fingerprint density at radius 1 is 1.15 bits per heavy atom. The molecule has 1 aliphatic rings. The fourth-order valence-corrected chi connectivity index (χ4v) is 3.79. The van der Waals surface area contributed by atoms with Gasteiger partial charge in [0.25, 0.3) is 0 Å². The molecule has 176 valence electrons. The maximum Gasteiger partial charge on any atom is 0.413 e. The summed E-state index contributed by atoms with van der Waals surface area (Å²) in [5.41, 5.74) is 1.27. The highest BCUT2D eigenvalue weighted by molar-refractivity contribution is 6.39. The van der Waals surface area contributed by atoms with E-state index in [2.05, 4.69) is 27.5 Å². The lowest BCUT2D eigenvalue weighted by Gasteiger charge is -2.38. The van der Waals surface area contributed by atoms with Gasteiger partial charge >= 0.3 is 17.9 Å². The molecule has 0 bridgehead atoms. The number of likely N-dealkylation sites (tertiary alicyclic amines) is 1. The summed E-state index contributed by atoms with van der Waals surface area (Å²) in [5.74, 6) is -0.706. The molecule has 9 nitrogen and oxygen atoms in total. The molecule has 9 heteroatoms. The van der Waals surface area contributed by atoms with Gasteiger partial charge in [0, 0.05) is 18.9 Å². The molecule has 1 aliphatic heterocycles. The van der Waals surface area contributed by atoms with Crippen LogP contribution in [0.25, 0.3) is 0 Å². The number of nitrogens with zero attached hydrogens (tertiary/aromatic N) is 3. The first kappa shape index (κ1) is 24.2. The first-order chi connectivity index (χ1) is 15.5. The number of carbonyl (C=O) groups is 3. The maximum absolute atomic E-state index is 13.1. The second-order valence-corrected chi connectivity index (χ2v) is 9.41. The van der Waals surface area contributed by atoms with E-state index in [1.54, 1.807) is 51.1 Å². The lowest BCUT2D eigenvalue weighted by molar-refractivity contribution is -0.146. The minimum atomic E-state index is -0.730. The number of pyridine rings is 2. The second-order valence-electron chi connectivity index (χ2n) is 9.41. The summed E-state index contributed by atoms with van der Waals surface area (Å²) in [4.78, 5) is 47.8. The van der Waals surface area contributed by atoms with Crippen molar-refractivity contribution in [1.82, 2.24) is 14.9 Å². The van der Waals surface area contributed by atoms with E-state index in [9.17, 15) is 14.4 Å². The molecule has 0 radical (unpaired) electrons. The van der Waals surface area contributed by atoms with Gasteiger partial charge in [0.15, 0.2) is 0 Å². The Bertz CT molecular complexity index is 1020. The minimum absolute atomic E-state index is 0.187. The molecule has 3 amide bonds. The second kappa shape index (κ2) is 9.97. The summed E-state index contributed by atoms with van der Waals surface area (Å²) in [7, 11) is 0. The van der Waals surface area contributed by atoms with Crippen LogP contribution in [0.3, 0.4) is 0 Å². The standard InChI is InChI=1S/C24H31N5O4/c1-15-8-9-19(17-7-6-10-25-12-17)29(14-15)22(31)21(30)27-18-11-16(2)20(26-13-18)28-23(32)33-24(3,4)5/h6-7,10-13,15,19H,8-9,14H2,1-5H3,(H,27,30)(H,26,28,32). The Morgan fingerprint density at radius 2 is 1.91 bits per heavy atom. The molecule has 3 heterocycles. The van der Waals surface area contributed by atoms with Crippen LogP contribution in [-0.2, 0) is 14.3 Å². The fourth-order valence-electron chi connectivity index (χ4n) is 3.79. The number of aromatic nitrogens is 2. The number of anilines is 2. The van der Waals surface area contributed by atoms with Crippen molar-refractivity contribution < 1.29 is 19.1 Å². The molecule has 0 aromatic carbocycles. The van der Waals surface area contributed by atoms with Gasteiger partial charge in [-0.2, -0.15) is 0 Å². The van der Waals surface area contributed by atoms with Crippen LogP contribution in [0.1, 0.15) is 57.7 Å². The summed E-state index contributed by atoms with van der Waals surface area (Å²) in [6.07, 6.45) is 5.94. The van der Waals surface area contributed by atoms with Gasteiger partial charge in [-0.3, -0.25) is 19.9 Å². The molecular formula is C24H31N5O4. The molecule has 2 aromatic heterocycles. The Kier molecular flexibility index (Phi) is 7.30. The van der Waals surface area contributed by atoms with Gasteiger partial charge in [-0.05, 0) is 69.7 Å². The molecule has 2 N–H and O–H groups in total. The van der Waals surface area contributed by atoms with Crippen LogP contribution >= 0.6 is 0 Å². The number of nitrogens with one attached hydrogen (secondary N) is 2. The van der Waals surface area contributed by atoms with Crippen molar-refractivity contribution in [3.8, 4) is 0 Å². The number of amides is 3. The molecule has 33 heavy (non-hydrogen) atoms. The minimum Gasteiger partial charge on any atom is -0.444 e. The van der Waals surface area contributed by atoms with Crippen LogP contribution in [0.15, 0.2) is 36.8 Å². The van der Waals surface area contributed by atoms with Crippen molar-refractivity contribution in [2.75, 3.05) is 17.2 Å². The molecular weight excluding hydrogens is 422 g/mol. The van der Waals surface area contributed by atoms with Crippen LogP contribution in [0.5, 0.6) is 0 Å². The maximum atomic E-state index is 13.1. The summed E-state index contributed by atoms with van der Waals surface area (Å²) >= 11 is 0. The van der Waals surface area contributed by atoms with Crippen LogP contribution in [0, 0.1) is 12.8 Å². The molecule has 2 atom stereocenters. The van der Waals surface area contributed by atoms with Gasteiger partial charge in [0.2, 0.25) is 0 Å². The highest BCUT2D eigenvalue weighted by atomic mass is 16.6. The summed E-state index contributed by atoms with van der Waals surface area (Å²) in [6.45, 7) is 9.62. The van der Waals surface area contributed by atoms with Crippen LogP contribution in [0.2, 0.25) is 0 Å². The van der Waals surface area contributed by atoms with Crippen molar-refractivity contribution in [1.29, 1.82) is 0 Å². The fraction of sp³-hybridized carbons (Fsp3) is 0.458. The average molecular weight is 454 g/mol. The molecule has 0 aliphatic carbocycles. The van der Waals surface area contributed by atoms with E-state index < -0.39 is 23.5 Å². The number of hydrogen-bond donors (Lipinski definition) is 2. The lowest BCUT2D eigenvalue weighted by atomic mass is 9.90. The van der Waals surface area contributed by atoms with Gasteiger partial charge < -0.3 is 15.0 Å². The number of aryl methyl sites for hydroxylation is 1. The van der Waals surface area contributed by atoms with E-state index >= 15 is 0 Å². The molecule has 2 aromatic rings. The highest BCUT2D eigenvalue weighted by Crippen LogP contribution is 2.33. The predicted octanol–water partition coefficient (Wildman–Crippen LogP) is 4.07. The van der Waals surface area contributed by atoms with E-state index in [4.69, 9.17) is 4.74 Å². The Hall–Kier alpha value is -3.49. The molecule has 1 fully saturated rings. The summed E-state index contributed by atoms with van der Waals surface area (Å²) in [5, 5.41) is 5.22. The van der Waals surface area contributed by atoms with Gasteiger partial charge in [-0.25, -0.2) is 9.78 Å². The Morgan fingerprint density at radius 3 is 2.55 bits per heavy atom. The van der Waals surface area contributed by atoms with E-state index in [1.165, 1.54) is 6.20 Å². The van der Waals surface area contributed by atoms with Crippen molar-refractivity contribution in [3.63, 3.8) is 0 Å². The molecule has 0 spiro atoms. The third kappa shape index (κ3) is 6.50. The van der Waals surface area contributed by atoms with Crippen molar-refractivity contribution in [2.45, 2.75) is 59.1 Å². The topological polar surface area (TPSA) is 114 Å². The molecule has 2 unspecified atom stereocenters. The quantitative estimate of drug-likeness (QED) is 0.677. The van der Waals surface area contributed by atoms with Crippen molar-refractivity contribution in [2.24, 2.45) is 5.92 Å². The van der Waals surface area contributed by atoms with Crippen LogP contribution in [0.4, 0.5) is 16.3 Å². The third-order valence-electron chi connectivity index (χ3n) is 5.30. The zero-order valence-electron chi connectivity index (χ0n) is 19.7. The predicted molar refractivity (Wildman–Crippen MR) is 125 cm³/mol. The van der Waals surface area contributed by atoms with E-state index in [1.807, 2.05) is 12.1 Å². The third-order valence-corrected chi connectivity index (χ3v) is 5.30. The van der Waals surface area contributed by atoms with E-state index in [0.717, 1.165) is 18.4 Å². The van der Waals surface area contributed by atoms with Gasteiger partial charge in [0.05, 0.1) is 17.9 Å². The first-order valence-corrected chi connectivity index (χ1v) is 11.0. The van der Waals surface area contributed by atoms with Crippen LogP contribution < -0.4 is 10.6 Å². The molecule has 0 saturated carbocycles. The molecule has 1 saturated heterocycles. The highest BCUT2D eigenvalue weighted by Gasteiger charge is 2.34. The largest absolute Gasteiger partial charge is 0.444 e. The van der Waals surface area contributed by atoms with E-state index in [0.29, 0.717) is 29.5 Å². The van der Waals surface area contributed by atoms with Crippen LogP contribution in [-0.4, -0.2) is 44.9 Å². The number of ether oxygens (including phenoxy) is 1. The Labute approximate surface area is 193 Å². The zero-order valence-corrected chi connectivity index (χ0v) is 19.7. The zero-order chi connectivity index (χ0) is 24.2. The van der Waals surface area contributed by atoms with Gasteiger partial charge in [-0.15, -0.1) is 0 Å². The first-order valence-electron chi connectivity index (χ1n) is 11.0. The normalized spacial score (nSPS) is 18.4. The van der Waals surface area contributed by atoms with Gasteiger partial charge in [-0.1, -0.05) is 13.0 Å². The van der Waals surface area contributed by atoms with Crippen molar-refractivity contribution >= 4 is 29.4 Å². The SMILES string of the molecule is Cc1cc(NC(=O)C(=O)N2CC(C)CCC2c2cccnc2)cnc1NC(=O)OC(C)(C)C. The number of hydrogen-bond acceptors (Lipinski definition) is 6. The summed E-state index contributed by atoms with van der Waals surface area (Å²) in [6, 6.07) is 5.21. The Balaban J connectivity index is 1.69. The number of rotatable bonds is 3. The molecule has 3 rings (SSSR count). The van der Waals surface area contributed by atoms with Crippen molar-refractivity contribution in [3.05, 3.63) is 47.9 Å². The van der Waals surface area contributed by atoms with E-state index in [-0.39, 0.29) is 6.04 Å². The van der Waals surface area contributed by atoms with Gasteiger partial charge in [0.1, 0.15) is 11.4 Å². The summed E-state index contributed by atoms with van der Waals surface area (Å²) < 4.78 is 5.23. The number of carbonyl (C=O) groups excluding carboxylic acids is 3. The lowest BCUT2D eigenvalue weighted by Crippen LogP contribution is -2.46.